The quantitative estimate of drug-likeness (QED) is 0.511. The van der Waals surface area contributed by atoms with Crippen molar-refractivity contribution >= 4 is 29.1 Å². The fourth-order valence-corrected chi connectivity index (χ4v) is 5.15. The Hall–Kier alpha value is -2.67. The van der Waals surface area contributed by atoms with E-state index in [-0.39, 0.29) is 49.1 Å². The number of fused-ring (bicyclic) bond motifs is 1. The molecule has 0 saturated heterocycles. The number of carbonyl (C=O) groups excluding carboxylic acids is 3. The van der Waals surface area contributed by atoms with Gasteiger partial charge in [0.2, 0.25) is 11.8 Å². The monoisotopic (exact) mass is 470 g/mol. The molecule has 0 aliphatic carbocycles. The fourth-order valence-electron chi connectivity index (χ4n) is 4.24. The highest BCUT2D eigenvalue weighted by Crippen LogP contribution is 2.38. The molecule has 0 spiro atoms. The van der Waals surface area contributed by atoms with Gasteiger partial charge in [0.05, 0.1) is 25.6 Å². The minimum Gasteiger partial charge on any atom is -0.466 e. The van der Waals surface area contributed by atoms with Crippen LogP contribution in [0.1, 0.15) is 61.2 Å². The van der Waals surface area contributed by atoms with Crippen molar-refractivity contribution in [3.63, 3.8) is 0 Å². The predicted molar refractivity (Wildman–Crippen MR) is 130 cm³/mol. The van der Waals surface area contributed by atoms with Crippen LogP contribution in [-0.2, 0) is 25.5 Å². The zero-order chi connectivity index (χ0) is 24.0. The first-order valence-electron chi connectivity index (χ1n) is 11.7. The average Bonchev–Trinajstić information content (AvgIpc) is 3.26. The summed E-state index contributed by atoms with van der Waals surface area (Å²) >= 11 is 1.73. The molecule has 3 rings (SSSR count). The molecule has 6 nitrogen and oxygen atoms in total. The van der Waals surface area contributed by atoms with Crippen LogP contribution in [-0.4, -0.2) is 53.8 Å². The van der Waals surface area contributed by atoms with Crippen LogP contribution in [0.2, 0.25) is 0 Å². The van der Waals surface area contributed by atoms with Crippen molar-refractivity contribution in [3.05, 3.63) is 57.3 Å². The summed E-state index contributed by atoms with van der Waals surface area (Å²) < 4.78 is 4.94. The molecule has 1 aliphatic rings. The number of benzene rings is 1. The van der Waals surface area contributed by atoms with E-state index in [0.717, 1.165) is 12.0 Å². The number of esters is 1. The Morgan fingerprint density at radius 1 is 1.15 bits per heavy atom. The molecule has 178 valence electrons. The second-order valence-electron chi connectivity index (χ2n) is 8.92. The summed E-state index contributed by atoms with van der Waals surface area (Å²) in [6.07, 6.45) is 0.903. The molecule has 7 heteroatoms. The molecule has 2 aromatic rings. The SMILES string of the molecule is CCOC(=O)CCC(=O)N(CC(=O)N1CCc2sccc2C1c1ccc(C)cc1)CC(C)C. The van der Waals surface area contributed by atoms with E-state index in [4.69, 9.17) is 4.74 Å². The van der Waals surface area contributed by atoms with Crippen molar-refractivity contribution in [1.82, 2.24) is 9.80 Å². The first kappa shape index (κ1) is 25.0. The topological polar surface area (TPSA) is 66.9 Å². The van der Waals surface area contributed by atoms with Gasteiger partial charge in [-0.15, -0.1) is 11.3 Å². The molecule has 1 atom stereocenters. The Labute approximate surface area is 200 Å². The van der Waals surface area contributed by atoms with Crippen LogP contribution < -0.4 is 0 Å². The van der Waals surface area contributed by atoms with Crippen LogP contribution >= 0.6 is 11.3 Å². The van der Waals surface area contributed by atoms with Gasteiger partial charge in [0, 0.05) is 24.4 Å². The molecular formula is C26H34N2O4S. The van der Waals surface area contributed by atoms with E-state index in [1.54, 1.807) is 23.2 Å². The maximum atomic E-state index is 13.6. The largest absolute Gasteiger partial charge is 0.466 e. The molecule has 0 N–H and O–H groups in total. The summed E-state index contributed by atoms with van der Waals surface area (Å²) in [5.41, 5.74) is 3.43. The third-order valence-electron chi connectivity index (χ3n) is 5.79. The summed E-state index contributed by atoms with van der Waals surface area (Å²) in [7, 11) is 0. The van der Waals surface area contributed by atoms with Gasteiger partial charge in [-0.1, -0.05) is 43.7 Å². The van der Waals surface area contributed by atoms with E-state index in [9.17, 15) is 14.4 Å². The van der Waals surface area contributed by atoms with Crippen LogP contribution in [0.25, 0.3) is 0 Å². The number of thiophene rings is 1. The first-order chi connectivity index (χ1) is 15.8. The number of ether oxygens (including phenoxy) is 1. The molecule has 2 heterocycles. The lowest BCUT2D eigenvalue weighted by Crippen LogP contribution is -2.47. The van der Waals surface area contributed by atoms with E-state index in [1.165, 1.54) is 16.0 Å². The molecule has 33 heavy (non-hydrogen) atoms. The zero-order valence-electron chi connectivity index (χ0n) is 20.0. The Morgan fingerprint density at radius 3 is 2.55 bits per heavy atom. The van der Waals surface area contributed by atoms with E-state index < -0.39 is 0 Å². The fraction of sp³-hybridized carbons (Fsp3) is 0.500. The van der Waals surface area contributed by atoms with Crippen molar-refractivity contribution in [2.75, 3.05) is 26.2 Å². The molecular weight excluding hydrogens is 436 g/mol. The van der Waals surface area contributed by atoms with Crippen molar-refractivity contribution < 1.29 is 19.1 Å². The van der Waals surface area contributed by atoms with Gasteiger partial charge >= 0.3 is 5.97 Å². The number of carbonyl (C=O) groups is 3. The summed E-state index contributed by atoms with van der Waals surface area (Å²) in [6, 6.07) is 10.3. The molecule has 2 amide bonds. The van der Waals surface area contributed by atoms with Gasteiger partial charge in [0.1, 0.15) is 0 Å². The van der Waals surface area contributed by atoms with E-state index in [2.05, 4.69) is 42.6 Å². The van der Waals surface area contributed by atoms with Crippen LogP contribution in [0.3, 0.4) is 0 Å². The van der Waals surface area contributed by atoms with Gasteiger partial charge in [-0.3, -0.25) is 14.4 Å². The van der Waals surface area contributed by atoms with E-state index >= 15 is 0 Å². The number of rotatable bonds is 9. The van der Waals surface area contributed by atoms with Crippen LogP contribution in [0.4, 0.5) is 0 Å². The predicted octanol–water partition coefficient (Wildman–Crippen LogP) is 4.36. The smallest absolute Gasteiger partial charge is 0.306 e. The minimum absolute atomic E-state index is 0.0155. The van der Waals surface area contributed by atoms with Gasteiger partial charge < -0.3 is 14.5 Å². The summed E-state index contributed by atoms with van der Waals surface area (Å²) in [5.74, 6) is -0.433. The number of hydrogen-bond donors (Lipinski definition) is 0. The molecule has 0 bridgehead atoms. The van der Waals surface area contributed by atoms with Gasteiger partial charge in [0.15, 0.2) is 0 Å². The third kappa shape index (κ3) is 6.44. The number of nitrogens with zero attached hydrogens (tertiary/aromatic N) is 2. The first-order valence-corrected chi connectivity index (χ1v) is 12.5. The lowest BCUT2D eigenvalue weighted by atomic mass is 9.92. The molecule has 1 aromatic heterocycles. The Balaban J connectivity index is 1.79. The van der Waals surface area contributed by atoms with Gasteiger partial charge in [0.25, 0.3) is 0 Å². The van der Waals surface area contributed by atoms with E-state index in [0.29, 0.717) is 19.7 Å². The van der Waals surface area contributed by atoms with Crippen molar-refractivity contribution in [2.24, 2.45) is 5.92 Å². The number of hydrogen-bond acceptors (Lipinski definition) is 5. The third-order valence-corrected chi connectivity index (χ3v) is 6.79. The van der Waals surface area contributed by atoms with Crippen molar-refractivity contribution in [1.29, 1.82) is 0 Å². The summed E-state index contributed by atoms with van der Waals surface area (Å²) in [6.45, 7) is 9.23. The maximum absolute atomic E-state index is 13.6. The van der Waals surface area contributed by atoms with Crippen molar-refractivity contribution in [3.8, 4) is 0 Å². The second-order valence-corrected chi connectivity index (χ2v) is 9.92. The number of amides is 2. The van der Waals surface area contributed by atoms with Crippen LogP contribution in [0.5, 0.6) is 0 Å². The lowest BCUT2D eigenvalue weighted by molar-refractivity contribution is -0.147. The highest BCUT2D eigenvalue weighted by Gasteiger charge is 2.34. The standard InChI is InChI=1S/C26H34N2O4S/c1-5-32-25(31)11-10-23(29)27(16-18(2)3)17-24(30)28-14-12-22-21(13-15-33-22)26(28)20-8-6-19(4)7-9-20/h6-9,13,15,18,26H,5,10-12,14,16-17H2,1-4H3. The van der Waals surface area contributed by atoms with Gasteiger partial charge in [-0.05, 0) is 48.8 Å². The normalized spacial score (nSPS) is 15.3. The number of aryl methyl sites for hydroxylation is 1. The molecule has 1 aromatic carbocycles. The second kappa shape index (κ2) is 11.5. The van der Waals surface area contributed by atoms with Crippen molar-refractivity contribution in [2.45, 2.75) is 53.0 Å². The molecule has 1 unspecified atom stereocenters. The lowest BCUT2D eigenvalue weighted by Gasteiger charge is -2.38. The van der Waals surface area contributed by atoms with Crippen LogP contribution in [0.15, 0.2) is 35.7 Å². The Bertz CT molecular complexity index is 967. The Morgan fingerprint density at radius 2 is 1.88 bits per heavy atom. The minimum atomic E-state index is -0.387. The van der Waals surface area contributed by atoms with Gasteiger partial charge in [-0.25, -0.2) is 0 Å². The van der Waals surface area contributed by atoms with Gasteiger partial charge in [-0.2, -0.15) is 0 Å². The maximum Gasteiger partial charge on any atom is 0.306 e. The highest BCUT2D eigenvalue weighted by molar-refractivity contribution is 7.10. The molecule has 0 fully saturated rings. The highest BCUT2D eigenvalue weighted by atomic mass is 32.1. The molecule has 0 radical (unpaired) electrons. The van der Waals surface area contributed by atoms with E-state index in [1.807, 2.05) is 18.7 Å². The summed E-state index contributed by atoms with van der Waals surface area (Å²) in [5, 5.41) is 2.09. The molecule has 1 aliphatic heterocycles. The zero-order valence-corrected chi connectivity index (χ0v) is 20.8. The average molecular weight is 471 g/mol. The van der Waals surface area contributed by atoms with Crippen LogP contribution in [0, 0.1) is 12.8 Å². The Kier molecular flexibility index (Phi) is 8.67. The summed E-state index contributed by atoms with van der Waals surface area (Å²) in [4.78, 5) is 43.0. The molecule has 0 saturated carbocycles.